The first kappa shape index (κ1) is 10.9. The Morgan fingerprint density at radius 2 is 2.33 bits per heavy atom. The van der Waals surface area contributed by atoms with Crippen LogP contribution in [0.3, 0.4) is 0 Å². The molecule has 0 aromatic heterocycles. The molecule has 0 saturated carbocycles. The van der Waals surface area contributed by atoms with Gasteiger partial charge in [0.15, 0.2) is 0 Å². The second-order valence-corrected chi connectivity index (χ2v) is 4.29. The molecule has 1 unspecified atom stereocenters. The quantitative estimate of drug-likeness (QED) is 0.627. The predicted octanol–water partition coefficient (Wildman–Crippen LogP) is -1.04. The molecule has 2 aliphatic rings. The SMILES string of the molecule is O=C(CN1CC(O)C1)NCC1CCCO1. The standard InChI is InChI=1S/C10H18N2O3/c13-8-5-12(6-8)7-10(14)11-4-9-2-1-3-15-9/h8-9,13H,1-7H2,(H,11,14). The summed E-state index contributed by atoms with van der Waals surface area (Å²) in [5.41, 5.74) is 0. The summed E-state index contributed by atoms with van der Waals surface area (Å²) in [4.78, 5) is 13.3. The fourth-order valence-electron chi connectivity index (χ4n) is 1.96. The average Bonchev–Trinajstić information content (AvgIpc) is 2.65. The summed E-state index contributed by atoms with van der Waals surface area (Å²) in [6.45, 7) is 3.07. The number of hydrogen-bond acceptors (Lipinski definition) is 4. The van der Waals surface area contributed by atoms with Gasteiger partial charge in [0.05, 0.1) is 18.8 Å². The highest BCUT2D eigenvalue weighted by atomic mass is 16.5. The van der Waals surface area contributed by atoms with Crippen LogP contribution in [0.2, 0.25) is 0 Å². The highest BCUT2D eigenvalue weighted by Gasteiger charge is 2.26. The number of hydrogen-bond donors (Lipinski definition) is 2. The van der Waals surface area contributed by atoms with E-state index in [1.807, 2.05) is 4.90 Å². The summed E-state index contributed by atoms with van der Waals surface area (Å²) in [5.74, 6) is 0.0254. The molecule has 0 aromatic carbocycles. The summed E-state index contributed by atoms with van der Waals surface area (Å²) >= 11 is 0. The summed E-state index contributed by atoms with van der Waals surface area (Å²) in [6.07, 6.45) is 2.11. The van der Waals surface area contributed by atoms with Crippen LogP contribution in [-0.2, 0) is 9.53 Å². The lowest BCUT2D eigenvalue weighted by molar-refractivity contribution is -0.125. The van der Waals surface area contributed by atoms with Crippen LogP contribution in [0.1, 0.15) is 12.8 Å². The molecule has 0 aliphatic carbocycles. The lowest BCUT2D eigenvalue weighted by Gasteiger charge is -2.35. The van der Waals surface area contributed by atoms with Crippen LogP contribution in [0, 0.1) is 0 Å². The van der Waals surface area contributed by atoms with Crippen LogP contribution in [0.5, 0.6) is 0 Å². The summed E-state index contributed by atoms with van der Waals surface area (Å²) < 4.78 is 5.40. The van der Waals surface area contributed by atoms with E-state index in [1.54, 1.807) is 0 Å². The van der Waals surface area contributed by atoms with Crippen LogP contribution < -0.4 is 5.32 Å². The van der Waals surface area contributed by atoms with Gasteiger partial charge in [-0.05, 0) is 12.8 Å². The molecule has 15 heavy (non-hydrogen) atoms. The third-order valence-corrected chi connectivity index (χ3v) is 2.86. The van der Waals surface area contributed by atoms with E-state index in [0.717, 1.165) is 19.4 Å². The van der Waals surface area contributed by atoms with Crippen molar-refractivity contribution in [3.63, 3.8) is 0 Å². The molecule has 0 bridgehead atoms. The highest BCUT2D eigenvalue weighted by Crippen LogP contribution is 2.10. The minimum Gasteiger partial charge on any atom is -0.390 e. The van der Waals surface area contributed by atoms with Gasteiger partial charge in [0.1, 0.15) is 0 Å². The van der Waals surface area contributed by atoms with Crippen molar-refractivity contribution in [3.8, 4) is 0 Å². The van der Waals surface area contributed by atoms with Crippen LogP contribution in [0.25, 0.3) is 0 Å². The van der Waals surface area contributed by atoms with E-state index in [9.17, 15) is 4.79 Å². The maximum absolute atomic E-state index is 11.4. The van der Waals surface area contributed by atoms with E-state index in [4.69, 9.17) is 9.84 Å². The lowest BCUT2D eigenvalue weighted by atomic mass is 10.2. The average molecular weight is 214 g/mol. The van der Waals surface area contributed by atoms with E-state index in [0.29, 0.717) is 26.2 Å². The molecule has 86 valence electrons. The van der Waals surface area contributed by atoms with Crippen molar-refractivity contribution < 1.29 is 14.6 Å². The van der Waals surface area contributed by atoms with Gasteiger partial charge in [-0.25, -0.2) is 0 Å². The Hall–Kier alpha value is -0.650. The minimum absolute atomic E-state index is 0.0254. The van der Waals surface area contributed by atoms with Crippen molar-refractivity contribution in [2.75, 3.05) is 32.8 Å². The Kier molecular flexibility index (Phi) is 3.56. The van der Waals surface area contributed by atoms with Gasteiger partial charge in [-0.2, -0.15) is 0 Å². The maximum Gasteiger partial charge on any atom is 0.234 e. The van der Waals surface area contributed by atoms with Gasteiger partial charge < -0.3 is 15.2 Å². The molecule has 5 heteroatoms. The number of aliphatic hydroxyl groups excluding tert-OH is 1. The van der Waals surface area contributed by atoms with Crippen molar-refractivity contribution in [2.45, 2.75) is 25.0 Å². The number of nitrogens with one attached hydrogen (secondary N) is 1. The molecule has 2 rings (SSSR count). The molecule has 2 fully saturated rings. The Morgan fingerprint density at radius 1 is 1.53 bits per heavy atom. The highest BCUT2D eigenvalue weighted by molar-refractivity contribution is 5.78. The number of rotatable bonds is 4. The van der Waals surface area contributed by atoms with Crippen molar-refractivity contribution in [2.24, 2.45) is 0 Å². The molecule has 2 saturated heterocycles. The fourth-order valence-corrected chi connectivity index (χ4v) is 1.96. The molecule has 0 radical (unpaired) electrons. The normalized spacial score (nSPS) is 27.7. The van der Waals surface area contributed by atoms with Gasteiger partial charge in [-0.1, -0.05) is 0 Å². The number of carbonyl (C=O) groups excluding carboxylic acids is 1. The van der Waals surface area contributed by atoms with Crippen LogP contribution in [-0.4, -0.2) is 60.9 Å². The number of likely N-dealkylation sites (tertiary alicyclic amines) is 1. The Labute approximate surface area is 89.4 Å². The van der Waals surface area contributed by atoms with Crippen molar-refractivity contribution >= 4 is 5.91 Å². The van der Waals surface area contributed by atoms with Gasteiger partial charge in [0.2, 0.25) is 5.91 Å². The number of β-amino-alcohol motifs (C(OH)–C–C–N with tert-alkyl or cyclic N) is 1. The zero-order valence-electron chi connectivity index (χ0n) is 8.82. The predicted molar refractivity (Wildman–Crippen MR) is 54.4 cm³/mol. The van der Waals surface area contributed by atoms with E-state index < -0.39 is 0 Å². The third kappa shape index (κ3) is 3.15. The monoisotopic (exact) mass is 214 g/mol. The Morgan fingerprint density at radius 3 is 2.93 bits per heavy atom. The first-order valence-corrected chi connectivity index (χ1v) is 5.53. The van der Waals surface area contributed by atoms with Crippen LogP contribution >= 0.6 is 0 Å². The topological polar surface area (TPSA) is 61.8 Å². The van der Waals surface area contributed by atoms with Crippen LogP contribution in [0.4, 0.5) is 0 Å². The van der Waals surface area contributed by atoms with Crippen molar-refractivity contribution in [1.82, 2.24) is 10.2 Å². The Bertz CT molecular complexity index is 223. The number of ether oxygens (including phenoxy) is 1. The first-order chi connectivity index (χ1) is 7.24. The zero-order chi connectivity index (χ0) is 10.7. The number of nitrogens with zero attached hydrogens (tertiary/aromatic N) is 1. The molecule has 5 nitrogen and oxygen atoms in total. The molecule has 2 aliphatic heterocycles. The van der Waals surface area contributed by atoms with E-state index in [1.165, 1.54) is 0 Å². The number of aliphatic hydroxyl groups is 1. The van der Waals surface area contributed by atoms with Crippen molar-refractivity contribution in [1.29, 1.82) is 0 Å². The molecule has 0 spiro atoms. The zero-order valence-corrected chi connectivity index (χ0v) is 8.82. The second kappa shape index (κ2) is 4.92. The van der Waals surface area contributed by atoms with Crippen LogP contribution in [0.15, 0.2) is 0 Å². The van der Waals surface area contributed by atoms with E-state index in [-0.39, 0.29) is 18.1 Å². The van der Waals surface area contributed by atoms with E-state index in [2.05, 4.69) is 5.32 Å². The summed E-state index contributed by atoms with van der Waals surface area (Å²) in [7, 11) is 0. The smallest absolute Gasteiger partial charge is 0.234 e. The van der Waals surface area contributed by atoms with E-state index >= 15 is 0 Å². The third-order valence-electron chi connectivity index (χ3n) is 2.86. The summed E-state index contributed by atoms with van der Waals surface area (Å²) in [6, 6.07) is 0. The van der Waals surface area contributed by atoms with Gasteiger partial charge >= 0.3 is 0 Å². The largest absolute Gasteiger partial charge is 0.390 e. The summed E-state index contributed by atoms with van der Waals surface area (Å²) in [5, 5.41) is 11.9. The molecule has 1 atom stereocenters. The molecule has 0 aromatic rings. The molecule has 1 amide bonds. The maximum atomic E-state index is 11.4. The van der Waals surface area contributed by atoms with Crippen molar-refractivity contribution in [3.05, 3.63) is 0 Å². The van der Waals surface area contributed by atoms with Gasteiger partial charge in [0.25, 0.3) is 0 Å². The number of carbonyl (C=O) groups is 1. The fraction of sp³-hybridized carbons (Fsp3) is 0.900. The molecule has 2 heterocycles. The second-order valence-electron chi connectivity index (χ2n) is 4.29. The van der Waals surface area contributed by atoms with Gasteiger partial charge in [-0.3, -0.25) is 9.69 Å². The minimum atomic E-state index is -0.240. The van der Waals surface area contributed by atoms with Gasteiger partial charge in [0, 0.05) is 26.2 Å². The number of amides is 1. The first-order valence-electron chi connectivity index (χ1n) is 5.53. The molecule has 2 N–H and O–H groups in total. The van der Waals surface area contributed by atoms with Gasteiger partial charge in [-0.15, -0.1) is 0 Å². The Balaban J connectivity index is 1.56. The molecular weight excluding hydrogens is 196 g/mol. The lowest BCUT2D eigenvalue weighted by Crippen LogP contribution is -2.54. The molecular formula is C10H18N2O3.